The summed E-state index contributed by atoms with van der Waals surface area (Å²) in [5.41, 5.74) is 2.05. The lowest BCUT2D eigenvalue weighted by Crippen LogP contribution is -2.50. The van der Waals surface area contributed by atoms with E-state index in [2.05, 4.69) is 30.1 Å². The van der Waals surface area contributed by atoms with Crippen molar-refractivity contribution in [3.63, 3.8) is 0 Å². The Morgan fingerprint density at radius 2 is 1.94 bits per heavy atom. The molecule has 1 heterocycles. The molecule has 0 unspecified atom stereocenters. The second-order valence-corrected chi connectivity index (χ2v) is 10.8. The molecule has 3 atom stereocenters. The zero-order chi connectivity index (χ0) is 23.4. The molecule has 3 rings (SSSR count). The number of nitrogens with one attached hydrogen (secondary N) is 1. The highest BCUT2D eigenvalue weighted by Gasteiger charge is 2.39. The molecule has 0 aliphatic carbocycles. The number of carbonyl (C=O) groups excluding carboxylic acids is 1. The Balaban J connectivity index is 1.70. The van der Waals surface area contributed by atoms with Crippen molar-refractivity contribution in [2.75, 3.05) is 25.9 Å². The number of piperidine rings is 1. The molecule has 2 aromatic rings. The smallest absolute Gasteiger partial charge is 0.344 e. The van der Waals surface area contributed by atoms with E-state index in [1.54, 1.807) is 6.07 Å². The van der Waals surface area contributed by atoms with E-state index in [0.717, 1.165) is 30.6 Å². The van der Waals surface area contributed by atoms with Crippen molar-refractivity contribution in [2.45, 2.75) is 32.1 Å². The molecule has 1 saturated heterocycles. The highest BCUT2D eigenvalue weighted by atomic mass is 31.2. The predicted octanol–water partition coefficient (Wildman–Crippen LogP) is 3.10. The third-order valence-corrected chi connectivity index (χ3v) is 7.28. The number of aromatic hydroxyl groups is 1. The monoisotopic (exact) mass is 460 g/mol. The van der Waals surface area contributed by atoms with Crippen LogP contribution in [-0.4, -0.2) is 51.6 Å². The highest BCUT2D eigenvalue weighted by Crippen LogP contribution is 2.40. The van der Waals surface area contributed by atoms with Gasteiger partial charge in [-0.25, -0.2) is 0 Å². The Morgan fingerprint density at radius 1 is 1.22 bits per heavy atom. The molecule has 0 spiro atoms. The van der Waals surface area contributed by atoms with Crippen molar-refractivity contribution in [1.29, 1.82) is 0 Å². The molecule has 2 aromatic carbocycles. The lowest BCUT2D eigenvalue weighted by atomic mass is 9.68. The van der Waals surface area contributed by atoms with Gasteiger partial charge in [0, 0.05) is 13.1 Å². The quantitative estimate of drug-likeness (QED) is 0.451. The summed E-state index contributed by atoms with van der Waals surface area (Å²) in [5, 5.41) is 12.3. The highest BCUT2D eigenvalue weighted by molar-refractivity contribution is 7.51. The van der Waals surface area contributed by atoms with Crippen molar-refractivity contribution in [2.24, 2.45) is 11.8 Å². The molecule has 0 bridgehead atoms. The van der Waals surface area contributed by atoms with Crippen LogP contribution >= 0.6 is 7.60 Å². The third-order valence-electron chi connectivity index (χ3n) is 6.71. The Labute approximate surface area is 189 Å². The topological polar surface area (TPSA) is 110 Å². The molecular formula is C24H33N2O5P. The minimum atomic E-state index is -4.32. The van der Waals surface area contributed by atoms with Crippen molar-refractivity contribution < 1.29 is 24.3 Å². The number of rotatable bonds is 8. The van der Waals surface area contributed by atoms with Gasteiger partial charge in [-0.2, -0.15) is 0 Å². The minimum Gasteiger partial charge on any atom is -0.508 e. The van der Waals surface area contributed by atoms with Crippen LogP contribution in [0.1, 0.15) is 31.4 Å². The first-order chi connectivity index (χ1) is 15.1. The van der Waals surface area contributed by atoms with Crippen LogP contribution in [0.25, 0.3) is 0 Å². The molecule has 1 fully saturated rings. The molecule has 32 heavy (non-hydrogen) atoms. The summed E-state index contributed by atoms with van der Waals surface area (Å²) in [7, 11) is -4.32. The van der Waals surface area contributed by atoms with Crippen LogP contribution in [0.4, 0.5) is 0 Å². The van der Waals surface area contributed by atoms with Gasteiger partial charge < -0.3 is 25.1 Å². The van der Waals surface area contributed by atoms with Crippen molar-refractivity contribution in [1.82, 2.24) is 10.2 Å². The fourth-order valence-corrected chi connectivity index (χ4v) is 4.91. The standard InChI is InChI=1S/C24H33N2O5P/c1-18-15-26(12-11-24(18,2)21-9-6-10-22(27)14-21)16-20(13-19-7-4-3-5-8-19)23(28)25-17-32(29,30)31/h3-10,14,18,20,27H,11-13,15-17H2,1-2H3,(H,25,28)(H2,29,30,31)/t18-,20-,24+/m0/s1. The number of phenols is 1. The Kier molecular flexibility index (Phi) is 7.78. The summed E-state index contributed by atoms with van der Waals surface area (Å²) in [4.78, 5) is 33.4. The van der Waals surface area contributed by atoms with E-state index >= 15 is 0 Å². The van der Waals surface area contributed by atoms with Crippen LogP contribution in [0.15, 0.2) is 54.6 Å². The van der Waals surface area contributed by atoms with Crippen LogP contribution in [-0.2, 0) is 21.2 Å². The van der Waals surface area contributed by atoms with E-state index in [0.29, 0.717) is 18.9 Å². The number of hydrogen-bond donors (Lipinski definition) is 4. The maximum absolute atomic E-state index is 12.8. The summed E-state index contributed by atoms with van der Waals surface area (Å²) in [6, 6.07) is 17.1. The first-order valence-electron chi connectivity index (χ1n) is 10.9. The Bertz CT molecular complexity index is 964. The normalized spacial score (nSPS) is 22.9. The van der Waals surface area contributed by atoms with Crippen LogP contribution in [0, 0.1) is 11.8 Å². The molecule has 4 N–H and O–H groups in total. The SMILES string of the molecule is C[C@H]1CN(C[C@H](Cc2ccccc2)C(=O)NCP(=O)(O)O)CC[C@@]1(C)c1cccc(O)c1. The number of carbonyl (C=O) groups is 1. The first-order valence-corrected chi connectivity index (χ1v) is 12.7. The Hall–Kier alpha value is -2.18. The molecule has 0 radical (unpaired) electrons. The number of benzene rings is 2. The van der Waals surface area contributed by atoms with Gasteiger partial charge in [-0.1, -0.05) is 56.3 Å². The molecule has 7 nitrogen and oxygen atoms in total. The lowest BCUT2D eigenvalue weighted by Gasteiger charge is -2.45. The maximum atomic E-state index is 12.8. The molecule has 8 heteroatoms. The van der Waals surface area contributed by atoms with Gasteiger partial charge in [-0.05, 0) is 54.0 Å². The average Bonchev–Trinajstić information content (AvgIpc) is 2.74. The van der Waals surface area contributed by atoms with Crippen molar-refractivity contribution in [3.8, 4) is 5.75 Å². The van der Waals surface area contributed by atoms with Crippen molar-refractivity contribution in [3.05, 3.63) is 65.7 Å². The van der Waals surface area contributed by atoms with Crippen LogP contribution in [0.3, 0.4) is 0 Å². The van der Waals surface area contributed by atoms with Gasteiger partial charge in [0.1, 0.15) is 12.0 Å². The average molecular weight is 461 g/mol. The van der Waals surface area contributed by atoms with Gasteiger partial charge in [0.25, 0.3) is 0 Å². The van der Waals surface area contributed by atoms with E-state index < -0.39 is 19.8 Å². The number of nitrogens with zero attached hydrogens (tertiary/aromatic N) is 1. The van der Waals surface area contributed by atoms with Gasteiger partial charge in [0.2, 0.25) is 5.91 Å². The number of amides is 1. The molecule has 1 amide bonds. The van der Waals surface area contributed by atoms with Gasteiger partial charge in [-0.15, -0.1) is 0 Å². The summed E-state index contributed by atoms with van der Waals surface area (Å²) in [6.45, 7) is 6.52. The molecule has 174 valence electrons. The zero-order valence-corrected chi connectivity index (χ0v) is 19.5. The maximum Gasteiger partial charge on any atom is 0.344 e. The molecule has 0 saturated carbocycles. The third kappa shape index (κ3) is 6.42. The van der Waals surface area contributed by atoms with E-state index in [1.165, 1.54) is 0 Å². The fourth-order valence-electron chi connectivity index (χ4n) is 4.55. The van der Waals surface area contributed by atoms with Gasteiger partial charge in [0.15, 0.2) is 0 Å². The van der Waals surface area contributed by atoms with E-state index in [-0.39, 0.29) is 17.1 Å². The molecule has 0 aromatic heterocycles. The van der Waals surface area contributed by atoms with Crippen LogP contribution < -0.4 is 5.32 Å². The molecule has 1 aliphatic heterocycles. The largest absolute Gasteiger partial charge is 0.508 e. The minimum absolute atomic E-state index is 0.0765. The number of hydrogen-bond acceptors (Lipinski definition) is 4. The Morgan fingerprint density at radius 3 is 2.56 bits per heavy atom. The zero-order valence-electron chi connectivity index (χ0n) is 18.6. The molecule has 1 aliphatic rings. The van der Waals surface area contributed by atoms with Gasteiger partial charge in [0.05, 0.1) is 5.92 Å². The second kappa shape index (κ2) is 10.2. The van der Waals surface area contributed by atoms with E-state index in [9.17, 15) is 14.5 Å². The predicted molar refractivity (Wildman–Crippen MR) is 124 cm³/mol. The summed E-state index contributed by atoms with van der Waals surface area (Å²) in [6.07, 6.45) is 0.741. The van der Waals surface area contributed by atoms with Crippen molar-refractivity contribution >= 4 is 13.5 Å². The number of phenolic OH excluding ortho intramolecular Hbond substituents is 1. The second-order valence-electron chi connectivity index (χ2n) is 9.13. The summed E-state index contributed by atoms with van der Waals surface area (Å²) >= 11 is 0. The van der Waals surface area contributed by atoms with Crippen LogP contribution in [0.2, 0.25) is 0 Å². The summed E-state index contributed by atoms with van der Waals surface area (Å²) < 4.78 is 11.2. The lowest BCUT2D eigenvalue weighted by molar-refractivity contribution is -0.125. The van der Waals surface area contributed by atoms with E-state index in [1.807, 2.05) is 42.5 Å². The molecular weight excluding hydrogens is 427 g/mol. The first kappa shape index (κ1) is 24.5. The van der Waals surface area contributed by atoms with Gasteiger partial charge >= 0.3 is 7.60 Å². The van der Waals surface area contributed by atoms with E-state index in [4.69, 9.17) is 9.79 Å². The van der Waals surface area contributed by atoms with Gasteiger partial charge in [-0.3, -0.25) is 9.36 Å². The number of likely N-dealkylation sites (tertiary alicyclic amines) is 1. The van der Waals surface area contributed by atoms with Crippen LogP contribution in [0.5, 0.6) is 5.75 Å². The summed E-state index contributed by atoms with van der Waals surface area (Å²) in [5.74, 6) is -0.191. The fraction of sp³-hybridized carbons (Fsp3) is 0.458.